The van der Waals surface area contributed by atoms with Crippen LogP contribution >= 0.6 is 0 Å². The highest BCUT2D eigenvalue weighted by atomic mass is 16.5. The molecule has 0 aromatic heterocycles. The Morgan fingerprint density at radius 2 is 2.00 bits per heavy atom. The van der Waals surface area contributed by atoms with E-state index in [0.717, 1.165) is 12.8 Å². The fourth-order valence-electron chi connectivity index (χ4n) is 1.84. The van der Waals surface area contributed by atoms with Gasteiger partial charge in [-0.3, -0.25) is 9.59 Å². The van der Waals surface area contributed by atoms with Gasteiger partial charge < -0.3 is 15.4 Å². The predicted molar refractivity (Wildman–Crippen MR) is 59.9 cm³/mol. The molecule has 0 aromatic rings. The molecule has 0 aliphatic heterocycles. The van der Waals surface area contributed by atoms with Gasteiger partial charge in [0.25, 0.3) is 0 Å². The molecule has 1 fully saturated rings. The third-order valence-corrected chi connectivity index (χ3v) is 2.74. The highest BCUT2D eigenvalue weighted by molar-refractivity contribution is 5.78. The van der Waals surface area contributed by atoms with Crippen LogP contribution in [0.3, 0.4) is 0 Å². The Morgan fingerprint density at radius 3 is 2.62 bits per heavy atom. The first-order valence-electron chi connectivity index (χ1n) is 5.79. The molecule has 1 rings (SSSR count). The molecule has 0 bridgehead atoms. The van der Waals surface area contributed by atoms with Gasteiger partial charge in [0.05, 0.1) is 20.1 Å². The summed E-state index contributed by atoms with van der Waals surface area (Å²) in [7, 11) is 1.36. The van der Waals surface area contributed by atoms with E-state index < -0.39 is 0 Å². The van der Waals surface area contributed by atoms with Gasteiger partial charge in [0.2, 0.25) is 5.91 Å². The van der Waals surface area contributed by atoms with Crippen LogP contribution in [0, 0.1) is 0 Å². The zero-order valence-corrected chi connectivity index (χ0v) is 9.75. The Kier molecular flexibility index (Phi) is 5.85. The van der Waals surface area contributed by atoms with E-state index >= 15 is 0 Å². The monoisotopic (exact) mass is 228 g/mol. The number of carbonyl (C=O) groups excluding carboxylic acids is 2. The van der Waals surface area contributed by atoms with Crippen molar-refractivity contribution in [2.24, 2.45) is 0 Å². The standard InChI is InChI=1S/C11H20N2O3/c1-16-11(15)6-7-12-8-10(14)13-9-4-2-3-5-9/h9,12H,2-8H2,1H3,(H,13,14). The Balaban J connectivity index is 1.99. The smallest absolute Gasteiger partial charge is 0.306 e. The van der Waals surface area contributed by atoms with Crippen molar-refractivity contribution in [1.29, 1.82) is 0 Å². The molecule has 1 saturated carbocycles. The highest BCUT2D eigenvalue weighted by Gasteiger charge is 2.16. The van der Waals surface area contributed by atoms with Gasteiger partial charge in [-0.05, 0) is 12.8 Å². The molecule has 0 radical (unpaired) electrons. The average Bonchev–Trinajstić information content (AvgIpc) is 2.76. The first-order valence-corrected chi connectivity index (χ1v) is 5.79. The lowest BCUT2D eigenvalue weighted by atomic mass is 10.2. The molecule has 0 atom stereocenters. The summed E-state index contributed by atoms with van der Waals surface area (Å²) in [6.07, 6.45) is 4.90. The minimum absolute atomic E-state index is 0.0109. The number of hydrogen-bond donors (Lipinski definition) is 2. The van der Waals surface area contributed by atoms with Crippen molar-refractivity contribution in [3.63, 3.8) is 0 Å². The Labute approximate surface area is 95.9 Å². The topological polar surface area (TPSA) is 67.4 Å². The first kappa shape index (κ1) is 13.0. The number of methoxy groups -OCH3 is 1. The Bertz CT molecular complexity index is 237. The second kappa shape index (κ2) is 7.22. The molecule has 16 heavy (non-hydrogen) atoms. The summed E-state index contributed by atoms with van der Waals surface area (Å²) >= 11 is 0. The van der Waals surface area contributed by atoms with Gasteiger partial charge in [0, 0.05) is 12.6 Å². The quantitative estimate of drug-likeness (QED) is 0.503. The van der Waals surface area contributed by atoms with Crippen molar-refractivity contribution >= 4 is 11.9 Å². The molecular weight excluding hydrogens is 208 g/mol. The minimum atomic E-state index is -0.260. The number of ether oxygens (including phenoxy) is 1. The normalized spacial score (nSPS) is 16.1. The van der Waals surface area contributed by atoms with E-state index in [1.165, 1.54) is 20.0 Å². The van der Waals surface area contributed by atoms with Crippen LogP contribution in [0.15, 0.2) is 0 Å². The van der Waals surface area contributed by atoms with Crippen molar-refractivity contribution < 1.29 is 14.3 Å². The van der Waals surface area contributed by atoms with E-state index in [0.29, 0.717) is 19.0 Å². The number of nitrogens with one attached hydrogen (secondary N) is 2. The maximum absolute atomic E-state index is 11.4. The van der Waals surface area contributed by atoms with Gasteiger partial charge in [-0.15, -0.1) is 0 Å². The first-order chi connectivity index (χ1) is 7.72. The second-order valence-electron chi connectivity index (χ2n) is 4.05. The molecular formula is C11H20N2O3. The zero-order valence-electron chi connectivity index (χ0n) is 9.75. The number of esters is 1. The number of amides is 1. The van der Waals surface area contributed by atoms with Crippen molar-refractivity contribution in [3.8, 4) is 0 Å². The zero-order chi connectivity index (χ0) is 11.8. The summed E-state index contributed by atoms with van der Waals surface area (Å²) in [5.74, 6) is -0.250. The van der Waals surface area contributed by atoms with E-state index in [1.54, 1.807) is 0 Å². The molecule has 5 heteroatoms. The lowest BCUT2D eigenvalue weighted by Gasteiger charge is -2.11. The molecule has 2 N–H and O–H groups in total. The van der Waals surface area contributed by atoms with Gasteiger partial charge in [-0.25, -0.2) is 0 Å². The number of rotatable bonds is 6. The summed E-state index contributed by atoms with van der Waals surface area (Å²) in [6, 6.07) is 0.356. The highest BCUT2D eigenvalue weighted by Crippen LogP contribution is 2.17. The van der Waals surface area contributed by atoms with Gasteiger partial charge in [0.15, 0.2) is 0 Å². The van der Waals surface area contributed by atoms with Crippen molar-refractivity contribution in [2.45, 2.75) is 38.1 Å². The average molecular weight is 228 g/mol. The van der Waals surface area contributed by atoms with Crippen LogP contribution in [0.2, 0.25) is 0 Å². The molecule has 92 valence electrons. The maximum Gasteiger partial charge on any atom is 0.306 e. The summed E-state index contributed by atoms with van der Waals surface area (Å²) in [5, 5.41) is 5.87. The van der Waals surface area contributed by atoms with Crippen LogP contribution in [-0.4, -0.2) is 38.1 Å². The van der Waals surface area contributed by atoms with Gasteiger partial charge in [-0.2, -0.15) is 0 Å². The Hall–Kier alpha value is -1.10. The van der Waals surface area contributed by atoms with E-state index in [1.807, 2.05) is 0 Å². The van der Waals surface area contributed by atoms with Gasteiger partial charge in [0.1, 0.15) is 0 Å². The molecule has 1 aliphatic carbocycles. The molecule has 0 aromatic carbocycles. The third kappa shape index (κ3) is 5.11. The fourth-order valence-corrected chi connectivity index (χ4v) is 1.84. The van der Waals surface area contributed by atoms with E-state index in [-0.39, 0.29) is 18.4 Å². The molecule has 1 amide bonds. The molecule has 1 aliphatic rings. The molecule has 0 unspecified atom stereocenters. The number of carbonyl (C=O) groups is 2. The summed E-state index contributed by atoms with van der Waals surface area (Å²) in [4.78, 5) is 22.2. The van der Waals surface area contributed by atoms with E-state index in [4.69, 9.17) is 0 Å². The summed E-state index contributed by atoms with van der Waals surface area (Å²) < 4.78 is 4.49. The van der Waals surface area contributed by atoms with Crippen LogP contribution in [0.1, 0.15) is 32.1 Å². The summed E-state index contributed by atoms with van der Waals surface area (Å²) in [5.41, 5.74) is 0. The fraction of sp³-hybridized carbons (Fsp3) is 0.818. The largest absolute Gasteiger partial charge is 0.469 e. The van der Waals surface area contributed by atoms with Crippen LogP contribution in [0.4, 0.5) is 0 Å². The van der Waals surface area contributed by atoms with Gasteiger partial charge in [-0.1, -0.05) is 12.8 Å². The third-order valence-electron chi connectivity index (χ3n) is 2.74. The van der Waals surface area contributed by atoms with E-state index in [2.05, 4.69) is 15.4 Å². The molecule has 5 nitrogen and oxygen atoms in total. The van der Waals surface area contributed by atoms with Crippen LogP contribution in [-0.2, 0) is 14.3 Å². The SMILES string of the molecule is COC(=O)CCNCC(=O)NC1CCCC1. The molecule has 0 spiro atoms. The number of hydrogen-bond acceptors (Lipinski definition) is 4. The second-order valence-corrected chi connectivity index (χ2v) is 4.05. The van der Waals surface area contributed by atoms with Crippen LogP contribution in [0.25, 0.3) is 0 Å². The predicted octanol–water partition coefficient (Wildman–Crippen LogP) is 0.198. The van der Waals surface area contributed by atoms with Crippen molar-refractivity contribution in [2.75, 3.05) is 20.2 Å². The summed E-state index contributed by atoms with van der Waals surface area (Å²) in [6.45, 7) is 0.748. The lowest BCUT2D eigenvalue weighted by molar-refractivity contribution is -0.140. The molecule has 0 heterocycles. The maximum atomic E-state index is 11.4. The van der Waals surface area contributed by atoms with Crippen molar-refractivity contribution in [1.82, 2.24) is 10.6 Å². The van der Waals surface area contributed by atoms with Crippen molar-refractivity contribution in [3.05, 3.63) is 0 Å². The van der Waals surface area contributed by atoms with Gasteiger partial charge >= 0.3 is 5.97 Å². The van der Waals surface area contributed by atoms with Crippen LogP contribution < -0.4 is 10.6 Å². The van der Waals surface area contributed by atoms with E-state index in [9.17, 15) is 9.59 Å². The lowest BCUT2D eigenvalue weighted by Crippen LogP contribution is -2.39. The Morgan fingerprint density at radius 1 is 1.31 bits per heavy atom. The molecule has 0 saturated heterocycles. The minimum Gasteiger partial charge on any atom is -0.469 e. The van der Waals surface area contributed by atoms with Crippen LogP contribution in [0.5, 0.6) is 0 Å².